The van der Waals surface area contributed by atoms with Gasteiger partial charge >= 0.3 is 0 Å². The molecule has 13 heteroatoms. The van der Waals surface area contributed by atoms with E-state index < -0.39 is 5.79 Å². The fourth-order valence-electron chi connectivity index (χ4n) is 2.93. The van der Waals surface area contributed by atoms with Crippen molar-refractivity contribution in [2.45, 2.75) is 38.9 Å². The number of carbonyl (C=O) groups is 3. The van der Waals surface area contributed by atoms with E-state index in [-0.39, 0.29) is 30.7 Å². The van der Waals surface area contributed by atoms with Crippen molar-refractivity contribution in [1.82, 2.24) is 36.8 Å². The Kier molecular flexibility index (Phi) is 19.4. The first-order chi connectivity index (χ1) is 16.2. The minimum absolute atomic E-state index is 0.00658. The number of carbonyl (C=O) groups excluding carboxylic acids is 3. The molecular weight excluding hydrogens is 440 g/mol. The molecular formula is C21H48N10O3. The van der Waals surface area contributed by atoms with Crippen LogP contribution in [-0.4, -0.2) is 107 Å². The quantitative estimate of drug-likeness (QED) is 0.0536. The average Bonchev–Trinajstić information content (AvgIpc) is 2.77. The lowest BCUT2D eigenvalue weighted by atomic mass is 10.3. The number of amides is 3. The lowest BCUT2D eigenvalue weighted by Crippen LogP contribution is -2.64. The third-order valence-electron chi connectivity index (χ3n) is 4.74. The molecule has 0 aliphatic rings. The van der Waals surface area contributed by atoms with Crippen LogP contribution >= 0.6 is 0 Å². The van der Waals surface area contributed by atoms with Crippen molar-refractivity contribution in [3.63, 3.8) is 0 Å². The normalized spacial score (nSPS) is 11.5. The number of nitrogens with two attached hydrogens (primary N) is 3. The minimum atomic E-state index is -1.44. The van der Waals surface area contributed by atoms with E-state index in [0.29, 0.717) is 52.1 Å². The number of hydrogen-bond acceptors (Lipinski definition) is 10. The van der Waals surface area contributed by atoms with Gasteiger partial charge in [-0.15, -0.1) is 0 Å². The highest BCUT2D eigenvalue weighted by Crippen LogP contribution is 1.95. The first-order valence-corrected chi connectivity index (χ1v) is 12.2. The summed E-state index contributed by atoms with van der Waals surface area (Å²) in [6.07, 6.45) is 1.13. The van der Waals surface area contributed by atoms with Gasteiger partial charge < -0.3 is 36.8 Å². The van der Waals surface area contributed by atoms with Gasteiger partial charge in [0.2, 0.25) is 17.7 Å². The van der Waals surface area contributed by atoms with Crippen LogP contribution in [0.2, 0.25) is 0 Å². The first kappa shape index (κ1) is 32.1. The lowest BCUT2D eigenvalue weighted by molar-refractivity contribution is -0.122. The van der Waals surface area contributed by atoms with Crippen LogP contribution in [0.15, 0.2) is 0 Å². The van der Waals surface area contributed by atoms with Gasteiger partial charge in [-0.3, -0.25) is 31.6 Å². The fourth-order valence-corrected chi connectivity index (χ4v) is 2.93. The molecule has 12 N–H and O–H groups in total. The number of hydrogen-bond donors (Lipinski definition) is 9. The smallest absolute Gasteiger partial charge is 0.221 e. The van der Waals surface area contributed by atoms with Gasteiger partial charge in [-0.05, 0) is 13.8 Å². The van der Waals surface area contributed by atoms with Gasteiger partial charge in [-0.25, -0.2) is 0 Å². The second-order valence-corrected chi connectivity index (χ2v) is 8.14. The summed E-state index contributed by atoms with van der Waals surface area (Å²) >= 11 is 0. The molecule has 0 aromatic rings. The molecule has 0 aromatic carbocycles. The molecule has 0 fully saturated rings. The van der Waals surface area contributed by atoms with Gasteiger partial charge in [0.1, 0.15) is 5.79 Å². The summed E-state index contributed by atoms with van der Waals surface area (Å²) in [4.78, 5) is 37.2. The molecule has 0 aromatic heterocycles. The maximum absolute atomic E-state index is 12.0. The van der Waals surface area contributed by atoms with E-state index in [2.05, 4.69) is 36.8 Å². The molecule has 13 nitrogen and oxygen atoms in total. The standard InChI is InChI=1S/C21H48N10O3/c1-3-28-18(32)5-8-25-9-10-26-11-12-27-13-16-31(14-6-19(33)29-4-2)15-7-20(34)30-17-21(22,23)24/h25-27H,3-17,22-24H2,1-2H3,(H,28,32)(H,29,33)(H,30,34). The third-order valence-corrected chi connectivity index (χ3v) is 4.74. The Morgan fingerprint density at radius 2 is 1.06 bits per heavy atom. The van der Waals surface area contributed by atoms with E-state index in [4.69, 9.17) is 17.2 Å². The minimum Gasteiger partial charge on any atom is -0.356 e. The fraction of sp³-hybridized carbons (Fsp3) is 0.857. The highest BCUT2D eigenvalue weighted by atomic mass is 16.2. The maximum atomic E-state index is 12.0. The molecule has 34 heavy (non-hydrogen) atoms. The predicted molar refractivity (Wildman–Crippen MR) is 135 cm³/mol. The number of nitrogens with one attached hydrogen (secondary N) is 6. The second kappa shape index (κ2) is 20.5. The Morgan fingerprint density at radius 3 is 1.56 bits per heavy atom. The van der Waals surface area contributed by atoms with Crippen LogP contribution in [0.1, 0.15) is 33.1 Å². The van der Waals surface area contributed by atoms with Gasteiger partial charge in [0.05, 0.1) is 6.54 Å². The molecule has 3 amide bonds. The topological polar surface area (TPSA) is 205 Å². The SMILES string of the molecule is CCNC(=O)CCNCCNCCNCCN(CCC(=O)NCC)CCC(=O)NCC(N)(N)N. The monoisotopic (exact) mass is 488 g/mol. The Balaban J connectivity index is 4.00. The van der Waals surface area contributed by atoms with Gasteiger partial charge in [0.15, 0.2) is 0 Å². The van der Waals surface area contributed by atoms with E-state index in [0.717, 1.165) is 32.7 Å². The van der Waals surface area contributed by atoms with Gasteiger partial charge in [-0.2, -0.15) is 0 Å². The van der Waals surface area contributed by atoms with Crippen molar-refractivity contribution in [3.8, 4) is 0 Å². The molecule has 0 atom stereocenters. The van der Waals surface area contributed by atoms with E-state index >= 15 is 0 Å². The molecule has 200 valence electrons. The Labute approximate surface area is 204 Å². The van der Waals surface area contributed by atoms with Crippen LogP contribution in [0.25, 0.3) is 0 Å². The van der Waals surface area contributed by atoms with Crippen molar-refractivity contribution in [3.05, 3.63) is 0 Å². The van der Waals surface area contributed by atoms with Crippen molar-refractivity contribution in [1.29, 1.82) is 0 Å². The van der Waals surface area contributed by atoms with Crippen LogP contribution in [0.3, 0.4) is 0 Å². The summed E-state index contributed by atoms with van der Waals surface area (Å²) < 4.78 is 0. The van der Waals surface area contributed by atoms with E-state index in [1.807, 2.05) is 13.8 Å². The summed E-state index contributed by atoms with van der Waals surface area (Å²) in [5, 5.41) is 18.1. The summed E-state index contributed by atoms with van der Waals surface area (Å²) in [6, 6.07) is 0. The van der Waals surface area contributed by atoms with Gasteiger partial charge in [-0.1, -0.05) is 0 Å². The summed E-state index contributed by atoms with van der Waals surface area (Å²) in [7, 11) is 0. The molecule has 0 unspecified atom stereocenters. The molecule has 0 spiro atoms. The third kappa shape index (κ3) is 21.9. The van der Waals surface area contributed by atoms with Gasteiger partial charge in [0, 0.05) is 91.3 Å². The maximum Gasteiger partial charge on any atom is 0.221 e. The van der Waals surface area contributed by atoms with Crippen molar-refractivity contribution >= 4 is 17.7 Å². The van der Waals surface area contributed by atoms with Crippen molar-refractivity contribution in [2.24, 2.45) is 17.2 Å². The van der Waals surface area contributed by atoms with Crippen molar-refractivity contribution in [2.75, 3.05) is 78.5 Å². The molecule has 0 saturated carbocycles. The zero-order valence-corrected chi connectivity index (χ0v) is 21.0. The first-order valence-electron chi connectivity index (χ1n) is 12.2. The van der Waals surface area contributed by atoms with Crippen molar-refractivity contribution < 1.29 is 14.4 Å². The summed E-state index contributed by atoms with van der Waals surface area (Å²) in [6.45, 7) is 11.5. The predicted octanol–water partition coefficient (Wildman–Crippen LogP) is -3.85. The molecule has 0 aliphatic carbocycles. The molecule has 0 aliphatic heterocycles. The van der Waals surface area contributed by atoms with E-state index in [9.17, 15) is 14.4 Å². The van der Waals surface area contributed by atoms with Crippen LogP contribution < -0.4 is 49.1 Å². The van der Waals surface area contributed by atoms with Crippen LogP contribution in [0, 0.1) is 0 Å². The highest BCUT2D eigenvalue weighted by Gasteiger charge is 2.14. The Bertz CT molecular complexity index is 557. The average molecular weight is 489 g/mol. The zero-order valence-electron chi connectivity index (χ0n) is 21.0. The summed E-state index contributed by atoms with van der Waals surface area (Å²) in [5.74, 6) is -1.57. The molecule has 0 radical (unpaired) electrons. The number of rotatable bonds is 22. The van der Waals surface area contributed by atoms with Crippen LogP contribution in [0.5, 0.6) is 0 Å². The number of nitrogens with zero attached hydrogens (tertiary/aromatic N) is 1. The zero-order chi connectivity index (χ0) is 25.7. The van der Waals surface area contributed by atoms with E-state index in [1.54, 1.807) is 0 Å². The highest BCUT2D eigenvalue weighted by molar-refractivity contribution is 5.77. The Hall–Kier alpha value is -1.87. The van der Waals surface area contributed by atoms with Crippen LogP contribution in [0.4, 0.5) is 0 Å². The second-order valence-electron chi connectivity index (χ2n) is 8.14. The largest absolute Gasteiger partial charge is 0.356 e. The lowest BCUT2D eigenvalue weighted by Gasteiger charge is -2.23. The molecule has 0 heterocycles. The molecule has 0 rings (SSSR count). The molecule has 0 saturated heterocycles. The molecule has 0 bridgehead atoms. The summed E-state index contributed by atoms with van der Waals surface area (Å²) in [5.41, 5.74) is 16.4. The van der Waals surface area contributed by atoms with Gasteiger partial charge in [0.25, 0.3) is 0 Å². The van der Waals surface area contributed by atoms with Crippen LogP contribution in [-0.2, 0) is 14.4 Å². The van der Waals surface area contributed by atoms with E-state index in [1.165, 1.54) is 0 Å². The Morgan fingerprint density at radius 1 is 0.618 bits per heavy atom.